The molecule has 0 radical (unpaired) electrons. The van der Waals surface area contributed by atoms with Crippen LogP contribution in [0.2, 0.25) is 0 Å². The Kier molecular flexibility index (Phi) is 6.18. The van der Waals surface area contributed by atoms with Crippen LogP contribution in [0, 0.1) is 0 Å². The van der Waals surface area contributed by atoms with Gasteiger partial charge in [0.1, 0.15) is 17.0 Å². The molecule has 2 aromatic carbocycles. The maximum absolute atomic E-state index is 12.4. The predicted octanol–water partition coefficient (Wildman–Crippen LogP) is 4.79. The lowest BCUT2D eigenvalue weighted by atomic mass is 10.2. The lowest BCUT2D eigenvalue weighted by Crippen LogP contribution is -2.20. The first-order valence-corrected chi connectivity index (χ1v) is 9.49. The van der Waals surface area contributed by atoms with Crippen LogP contribution < -0.4 is 19.5 Å². The topological polar surface area (TPSA) is 69.7 Å². The summed E-state index contributed by atoms with van der Waals surface area (Å²) in [5.74, 6) is 1.31. The summed E-state index contributed by atoms with van der Waals surface area (Å²) in [6, 6.07) is 10.8. The first-order valence-electron chi connectivity index (χ1n) is 7.91. The molecule has 0 bridgehead atoms. The normalized spacial score (nSPS) is 10.5. The third kappa shape index (κ3) is 4.33. The predicted molar refractivity (Wildman–Crippen MR) is 111 cm³/mol. The Bertz CT molecular complexity index is 995. The number of nitrogens with zero attached hydrogens (tertiary/aromatic N) is 1. The molecule has 27 heavy (non-hydrogen) atoms. The molecule has 0 aliphatic rings. The Morgan fingerprint density at radius 2 is 1.93 bits per heavy atom. The van der Waals surface area contributed by atoms with Gasteiger partial charge in [0.15, 0.2) is 12.4 Å². The number of ether oxygens (including phenoxy) is 3. The highest BCUT2D eigenvalue weighted by molar-refractivity contribution is 9.11. The molecule has 0 saturated heterocycles. The Morgan fingerprint density at radius 3 is 2.67 bits per heavy atom. The molecular formula is C19H16Br2N2O4. The van der Waals surface area contributed by atoms with Crippen molar-refractivity contribution < 1.29 is 19.0 Å². The zero-order valence-electron chi connectivity index (χ0n) is 14.6. The molecule has 0 atom stereocenters. The molecule has 8 heteroatoms. The Morgan fingerprint density at radius 1 is 1.11 bits per heavy atom. The second-order valence-electron chi connectivity index (χ2n) is 5.47. The summed E-state index contributed by atoms with van der Waals surface area (Å²) in [5.41, 5.74) is 1.16. The van der Waals surface area contributed by atoms with E-state index in [1.807, 2.05) is 18.2 Å². The number of amides is 1. The standard InChI is InChI=1S/C19H16Br2N2O4/c1-25-11-5-6-16(26-2)15(8-11)23-17(24)10-27-19-14(21)9-13(20)12-4-3-7-22-18(12)19/h3-9H,10H2,1-2H3,(H,23,24). The molecule has 0 aliphatic heterocycles. The largest absolute Gasteiger partial charge is 0.497 e. The van der Waals surface area contributed by atoms with Crippen molar-refractivity contribution in [2.45, 2.75) is 0 Å². The van der Waals surface area contributed by atoms with Crippen molar-refractivity contribution in [2.75, 3.05) is 26.1 Å². The quantitative estimate of drug-likeness (QED) is 0.532. The van der Waals surface area contributed by atoms with Crippen molar-refractivity contribution in [3.63, 3.8) is 0 Å². The van der Waals surface area contributed by atoms with Crippen molar-refractivity contribution in [3.05, 3.63) is 51.5 Å². The number of fused-ring (bicyclic) bond motifs is 1. The van der Waals surface area contributed by atoms with E-state index in [2.05, 4.69) is 42.2 Å². The van der Waals surface area contributed by atoms with E-state index in [1.54, 1.807) is 31.5 Å². The van der Waals surface area contributed by atoms with Crippen molar-refractivity contribution in [2.24, 2.45) is 0 Å². The lowest BCUT2D eigenvalue weighted by Gasteiger charge is -2.14. The number of rotatable bonds is 6. The SMILES string of the molecule is COc1ccc(OC)c(NC(=O)COc2c(Br)cc(Br)c3cccnc23)c1. The molecule has 6 nitrogen and oxygen atoms in total. The molecule has 3 aromatic rings. The molecule has 0 unspecified atom stereocenters. The molecule has 0 aliphatic carbocycles. The minimum Gasteiger partial charge on any atom is -0.497 e. The third-order valence-electron chi connectivity index (χ3n) is 3.78. The summed E-state index contributed by atoms with van der Waals surface area (Å²) in [6.45, 7) is -0.188. The number of hydrogen-bond donors (Lipinski definition) is 1. The van der Waals surface area contributed by atoms with E-state index >= 15 is 0 Å². The highest BCUT2D eigenvalue weighted by atomic mass is 79.9. The number of nitrogens with one attached hydrogen (secondary N) is 1. The smallest absolute Gasteiger partial charge is 0.262 e. The zero-order valence-corrected chi connectivity index (χ0v) is 17.8. The van der Waals surface area contributed by atoms with Crippen LogP contribution in [-0.4, -0.2) is 31.7 Å². The van der Waals surface area contributed by atoms with Gasteiger partial charge in [-0.2, -0.15) is 0 Å². The van der Waals surface area contributed by atoms with Crippen LogP contribution in [0.25, 0.3) is 10.9 Å². The Balaban J connectivity index is 1.78. The molecule has 3 rings (SSSR count). The number of anilines is 1. The van der Waals surface area contributed by atoms with E-state index in [-0.39, 0.29) is 12.5 Å². The molecule has 1 aromatic heterocycles. The van der Waals surface area contributed by atoms with Gasteiger partial charge in [-0.3, -0.25) is 9.78 Å². The van der Waals surface area contributed by atoms with Gasteiger partial charge in [-0.1, -0.05) is 22.0 Å². The fourth-order valence-corrected chi connectivity index (χ4v) is 3.91. The average molecular weight is 496 g/mol. The summed E-state index contributed by atoms with van der Waals surface area (Å²) in [4.78, 5) is 16.8. The summed E-state index contributed by atoms with van der Waals surface area (Å²) in [5, 5.41) is 3.67. The van der Waals surface area contributed by atoms with Crippen LogP contribution in [-0.2, 0) is 4.79 Å². The van der Waals surface area contributed by atoms with Gasteiger partial charge in [0.2, 0.25) is 0 Å². The van der Waals surface area contributed by atoms with E-state index in [1.165, 1.54) is 7.11 Å². The average Bonchev–Trinajstić information content (AvgIpc) is 2.67. The number of pyridine rings is 1. The van der Waals surface area contributed by atoms with Crippen molar-refractivity contribution in [1.29, 1.82) is 0 Å². The van der Waals surface area contributed by atoms with E-state index in [9.17, 15) is 4.79 Å². The maximum Gasteiger partial charge on any atom is 0.262 e. The second kappa shape index (κ2) is 8.58. The van der Waals surface area contributed by atoms with Crippen LogP contribution in [0.4, 0.5) is 5.69 Å². The minimum atomic E-state index is -0.333. The fraction of sp³-hybridized carbons (Fsp3) is 0.158. The van der Waals surface area contributed by atoms with Crippen molar-refractivity contribution >= 4 is 54.4 Å². The highest BCUT2D eigenvalue weighted by Crippen LogP contribution is 2.37. The molecule has 1 amide bonds. The summed E-state index contributed by atoms with van der Waals surface area (Å²) in [6.07, 6.45) is 1.68. The molecule has 0 saturated carbocycles. The van der Waals surface area contributed by atoms with Crippen LogP contribution in [0.3, 0.4) is 0 Å². The summed E-state index contributed by atoms with van der Waals surface area (Å²) in [7, 11) is 3.09. The van der Waals surface area contributed by atoms with Crippen molar-refractivity contribution in [3.8, 4) is 17.2 Å². The summed E-state index contributed by atoms with van der Waals surface area (Å²) < 4.78 is 17.8. The highest BCUT2D eigenvalue weighted by Gasteiger charge is 2.15. The van der Waals surface area contributed by atoms with Crippen molar-refractivity contribution in [1.82, 2.24) is 4.98 Å². The number of methoxy groups -OCH3 is 2. The molecular weight excluding hydrogens is 480 g/mol. The van der Waals surface area contributed by atoms with Gasteiger partial charge in [0.05, 0.1) is 24.4 Å². The van der Waals surface area contributed by atoms with Gasteiger partial charge >= 0.3 is 0 Å². The van der Waals surface area contributed by atoms with Crippen LogP contribution in [0.15, 0.2) is 51.5 Å². The maximum atomic E-state index is 12.4. The number of carbonyl (C=O) groups is 1. The second-order valence-corrected chi connectivity index (χ2v) is 7.18. The van der Waals surface area contributed by atoms with Gasteiger partial charge in [-0.15, -0.1) is 0 Å². The first kappa shape index (κ1) is 19.4. The van der Waals surface area contributed by atoms with E-state index in [4.69, 9.17) is 14.2 Å². The number of hydrogen-bond acceptors (Lipinski definition) is 5. The molecule has 1 heterocycles. The number of carbonyl (C=O) groups excluding carboxylic acids is 1. The Hall–Kier alpha value is -2.32. The van der Waals surface area contributed by atoms with Gasteiger partial charge < -0.3 is 19.5 Å². The van der Waals surface area contributed by atoms with Gasteiger partial charge in [0.25, 0.3) is 5.91 Å². The lowest BCUT2D eigenvalue weighted by molar-refractivity contribution is -0.118. The van der Waals surface area contributed by atoms with E-state index in [0.29, 0.717) is 32.9 Å². The third-order valence-corrected chi connectivity index (χ3v) is 5.02. The molecule has 0 fully saturated rings. The number of halogens is 2. The van der Waals surface area contributed by atoms with Gasteiger partial charge in [-0.05, 0) is 40.2 Å². The summed E-state index contributed by atoms with van der Waals surface area (Å²) >= 11 is 6.97. The van der Waals surface area contributed by atoms with E-state index < -0.39 is 0 Å². The van der Waals surface area contributed by atoms with Crippen LogP contribution in [0.5, 0.6) is 17.2 Å². The minimum absolute atomic E-state index is 0.188. The van der Waals surface area contributed by atoms with Crippen LogP contribution in [0.1, 0.15) is 0 Å². The fourth-order valence-electron chi connectivity index (χ4n) is 2.52. The van der Waals surface area contributed by atoms with Gasteiger partial charge in [-0.25, -0.2) is 0 Å². The van der Waals surface area contributed by atoms with Crippen LogP contribution >= 0.6 is 31.9 Å². The number of aromatic nitrogens is 1. The monoisotopic (exact) mass is 494 g/mol. The van der Waals surface area contributed by atoms with Gasteiger partial charge in [0, 0.05) is 22.1 Å². The van der Waals surface area contributed by atoms with E-state index in [0.717, 1.165) is 9.86 Å². The molecule has 1 N–H and O–H groups in total. The number of benzene rings is 2. The Labute approximate surface area is 173 Å². The zero-order chi connectivity index (χ0) is 19.4. The first-order chi connectivity index (χ1) is 13.0. The molecule has 140 valence electrons. The molecule has 0 spiro atoms.